The summed E-state index contributed by atoms with van der Waals surface area (Å²) in [5, 5.41) is 14.9. The molecule has 0 bridgehead atoms. The largest absolute Gasteiger partial charge is 0.481 e. The van der Waals surface area contributed by atoms with Gasteiger partial charge in [-0.1, -0.05) is 18.2 Å². The molecule has 1 aromatic carbocycles. The van der Waals surface area contributed by atoms with Crippen molar-refractivity contribution in [1.82, 2.24) is 15.2 Å². The average Bonchev–Trinajstić information content (AvgIpc) is 2.87. The van der Waals surface area contributed by atoms with Gasteiger partial charge in [-0.3, -0.25) is 14.7 Å². The van der Waals surface area contributed by atoms with Crippen molar-refractivity contribution in [3.8, 4) is 0 Å². The van der Waals surface area contributed by atoms with Gasteiger partial charge >= 0.3 is 5.97 Å². The first-order valence-corrected chi connectivity index (χ1v) is 6.26. The number of anilines is 2. The highest BCUT2D eigenvalue weighted by Crippen LogP contribution is 2.21. The normalized spacial score (nSPS) is 10.3. The van der Waals surface area contributed by atoms with Crippen molar-refractivity contribution >= 4 is 23.5 Å². The zero-order valence-electron chi connectivity index (χ0n) is 11.4. The van der Waals surface area contributed by atoms with E-state index in [9.17, 15) is 9.59 Å². The number of amides is 1. The van der Waals surface area contributed by atoms with Crippen LogP contribution in [0.2, 0.25) is 0 Å². The Morgan fingerprint density at radius 2 is 2.10 bits per heavy atom. The lowest BCUT2D eigenvalue weighted by Gasteiger charge is -2.22. The van der Waals surface area contributed by atoms with Crippen LogP contribution in [0.5, 0.6) is 0 Å². The highest BCUT2D eigenvalue weighted by Gasteiger charge is 2.22. The van der Waals surface area contributed by atoms with E-state index in [1.807, 2.05) is 19.1 Å². The fourth-order valence-electron chi connectivity index (χ4n) is 1.90. The predicted molar refractivity (Wildman–Crippen MR) is 75.9 cm³/mol. The topological polar surface area (TPSA) is 125 Å². The number of nitrogens with zero attached hydrogens (tertiary/aromatic N) is 3. The molecule has 8 nitrogen and oxygen atoms in total. The Balaban J connectivity index is 2.34. The molecule has 8 heteroatoms. The molecule has 0 saturated carbocycles. The van der Waals surface area contributed by atoms with Gasteiger partial charge in [-0.15, -0.1) is 5.10 Å². The van der Waals surface area contributed by atoms with Gasteiger partial charge in [0.05, 0.1) is 6.42 Å². The zero-order chi connectivity index (χ0) is 15.4. The second kappa shape index (κ2) is 6.04. The molecule has 0 aliphatic carbocycles. The first-order chi connectivity index (χ1) is 9.99. The molecule has 0 fully saturated rings. The molecule has 2 rings (SSSR count). The third kappa shape index (κ3) is 3.35. The van der Waals surface area contributed by atoms with E-state index in [-0.39, 0.29) is 24.7 Å². The number of nitrogens with one attached hydrogen (secondary N) is 1. The number of carbonyl (C=O) groups is 2. The first-order valence-electron chi connectivity index (χ1n) is 6.26. The number of aliphatic carboxylic acids is 1. The van der Waals surface area contributed by atoms with E-state index in [0.717, 1.165) is 5.56 Å². The Labute approximate surface area is 120 Å². The number of hydrogen-bond acceptors (Lipinski definition) is 5. The van der Waals surface area contributed by atoms with Crippen LogP contribution in [-0.2, 0) is 4.79 Å². The number of nitrogen functional groups attached to an aromatic ring is 1. The van der Waals surface area contributed by atoms with Crippen molar-refractivity contribution in [3.05, 3.63) is 35.7 Å². The highest BCUT2D eigenvalue weighted by atomic mass is 16.4. The number of benzene rings is 1. The quantitative estimate of drug-likeness (QED) is 0.748. The number of rotatable bonds is 5. The maximum atomic E-state index is 12.5. The second-order valence-electron chi connectivity index (χ2n) is 4.43. The van der Waals surface area contributed by atoms with Gasteiger partial charge in [0.25, 0.3) is 5.91 Å². The first kappa shape index (κ1) is 14.5. The Bertz CT molecular complexity index is 667. The summed E-state index contributed by atoms with van der Waals surface area (Å²) in [4.78, 5) is 28.4. The third-order valence-corrected chi connectivity index (χ3v) is 2.91. The van der Waals surface area contributed by atoms with E-state index in [2.05, 4.69) is 15.2 Å². The van der Waals surface area contributed by atoms with E-state index < -0.39 is 11.9 Å². The number of nitrogens with two attached hydrogens (primary N) is 1. The molecule has 21 heavy (non-hydrogen) atoms. The molecular weight excluding hydrogens is 274 g/mol. The van der Waals surface area contributed by atoms with Crippen molar-refractivity contribution in [3.63, 3.8) is 0 Å². The van der Waals surface area contributed by atoms with Crippen molar-refractivity contribution in [1.29, 1.82) is 0 Å². The van der Waals surface area contributed by atoms with Crippen LogP contribution >= 0.6 is 0 Å². The number of hydrogen-bond donors (Lipinski definition) is 3. The molecule has 0 aliphatic heterocycles. The van der Waals surface area contributed by atoms with Crippen LogP contribution in [0, 0.1) is 6.92 Å². The molecule has 1 amide bonds. The SMILES string of the molecule is Cc1ccccc1N(CCC(=O)O)C(=O)c1nc(N)n[nH]1. The van der Waals surface area contributed by atoms with E-state index in [1.165, 1.54) is 4.90 Å². The van der Waals surface area contributed by atoms with Gasteiger partial charge in [0, 0.05) is 12.2 Å². The van der Waals surface area contributed by atoms with Crippen LogP contribution in [0.15, 0.2) is 24.3 Å². The number of aromatic amines is 1. The van der Waals surface area contributed by atoms with Gasteiger partial charge < -0.3 is 15.7 Å². The van der Waals surface area contributed by atoms with Crippen LogP contribution in [0.1, 0.15) is 22.6 Å². The summed E-state index contributed by atoms with van der Waals surface area (Å²) in [7, 11) is 0. The summed E-state index contributed by atoms with van der Waals surface area (Å²) in [5.41, 5.74) is 6.86. The summed E-state index contributed by atoms with van der Waals surface area (Å²) >= 11 is 0. The lowest BCUT2D eigenvalue weighted by atomic mass is 10.1. The maximum absolute atomic E-state index is 12.5. The maximum Gasteiger partial charge on any atom is 0.305 e. The van der Waals surface area contributed by atoms with E-state index in [0.29, 0.717) is 5.69 Å². The summed E-state index contributed by atoms with van der Waals surface area (Å²) < 4.78 is 0. The molecule has 0 aliphatic rings. The number of carboxylic acids is 1. The number of para-hydroxylation sites is 1. The zero-order valence-corrected chi connectivity index (χ0v) is 11.4. The van der Waals surface area contributed by atoms with E-state index in [4.69, 9.17) is 10.8 Å². The number of H-pyrrole nitrogens is 1. The van der Waals surface area contributed by atoms with E-state index >= 15 is 0 Å². The predicted octanol–water partition coefficient (Wildman–Crippen LogP) is 0.817. The molecule has 1 aromatic heterocycles. The summed E-state index contributed by atoms with van der Waals surface area (Å²) in [5.74, 6) is -1.53. The number of aromatic nitrogens is 3. The molecule has 0 atom stereocenters. The molecule has 0 spiro atoms. The molecule has 4 N–H and O–H groups in total. The van der Waals surface area contributed by atoms with Gasteiger partial charge in [-0.2, -0.15) is 4.98 Å². The molecule has 0 saturated heterocycles. The fraction of sp³-hybridized carbons (Fsp3) is 0.231. The summed E-state index contributed by atoms with van der Waals surface area (Å²) in [6, 6.07) is 7.20. The molecular formula is C13H15N5O3. The Hall–Kier alpha value is -2.90. The smallest absolute Gasteiger partial charge is 0.305 e. The molecule has 0 radical (unpaired) electrons. The lowest BCUT2D eigenvalue weighted by molar-refractivity contribution is -0.136. The van der Waals surface area contributed by atoms with Crippen molar-refractivity contribution in [2.24, 2.45) is 0 Å². The van der Waals surface area contributed by atoms with Crippen LogP contribution in [0.4, 0.5) is 11.6 Å². The Morgan fingerprint density at radius 1 is 1.38 bits per heavy atom. The molecule has 110 valence electrons. The lowest BCUT2D eigenvalue weighted by Crippen LogP contribution is -2.34. The van der Waals surface area contributed by atoms with Crippen molar-refractivity contribution < 1.29 is 14.7 Å². The van der Waals surface area contributed by atoms with Crippen molar-refractivity contribution in [2.75, 3.05) is 17.2 Å². The number of carboxylic acid groups (broad SMARTS) is 1. The minimum absolute atomic E-state index is 0.0267. The fourth-order valence-corrected chi connectivity index (χ4v) is 1.90. The number of carbonyl (C=O) groups excluding carboxylic acids is 1. The van der Waals surface area contributed by atoms with Crippen LogP contribution in [0.25, 0.3) is 0 Å². The van der Waals surface area contributed by atoms with Gasteiger partial charge in [0.1, 0.15) is 0 Å². The standard InChI is InChI=1S/C13H15N5O3/c1-8-4-2-3-5-9(8)18(7-6-10(19)20)12(21)11-15-13(14)17-16-11/h2-5H,6-7H2,1H3,(H,19,20)(H3,14,15,16,17). The van der Waals surface area contributed by atoms with Gasteiger partial charge in [0.15, 0.2) is 0 Å². The summed E-state index contributed by atoms with van der Waals surface area (Å²) in [6.45, 7) is 1.87. The minimum Gasteiger partial charge on any atom is -0.481 e. The molecule has 1 heterocycles. The molecule has 0 unspecified atom stereocenters. The Morgan fingerprint density at radius 3 is 2.67 bits per heavy atom. The summed E-state index contributed by atoms with van der Waals surface area (Å²) in [6.07, 6.45) is -0.177. The van der Waals surface area contributed by atoms with Crippen LogP contribution in [0.3, 0.4) is 0 Å². The minimum atomic E-state index is -0.988. The van der Waals surface area contributed by atoms with E-state index in [1.54, 1.807) is 12.1 Å². The second-order valence-corrected chi connectivity index (χ2v) is 4.43. The average molecular weight is 289 g/mol. The third-order valence-electron chi connectivity index (χ3n) is 2.91. The van der Waals surface area contributed by atoms with Gasteiger partial charge in [-0.25, -0.2) is 0 Å². The van der Waals surface area contributed by atoms with Gasteiger partial charge in [0.2, 0.25) is 11.8 Å². The van der Waals surface area contributed by atoms with Crippen LogP contribution in [-0.4, -0.2) is 38.7 Å². The number of aryl methyl sites for hydroxylation is 1. The highest BCUT2D eigenvalue weighted by molar-refractivity contribution is 6.04. The Kier molecular flexibility index (Phi) is 4.17. The van der Waals surface area contributed by atoms with Gasteiger partial charge in [-0.05, 0) is 18.6 Å². The monoisotopic (exact) mass is 289 g/mol. The van der Waals surface area contributed by atoms with Crippen molar-refractivity contribution in [2.45, 2.75) is 13.3 Å². The molecule has 2 aromatic rings. The van der Waals surface area contributed by atoms with Crippen LogP contribution < -0.4 is 10.6 Å².